The first-order valence-electron chi connectivity index (χ1n) is 9.82. The number of pyridine rings is 1. The van der Waals surface area contributed by atoms with Gasteiger partial charge in [0.15, 0.2) is 6.20 Å². The number of benzene rings is 2. The summed E-state index contributed by atoms with van der Waals surface area (Å²) < 4.78 is 38.4. The summed E-state index contributed by atoms with van der Waals surface area (Å²) in [5, 5.41) is 1.82. The fraction of sp³-hybridized carbons (Fsp3) is 0.261. The molecule has 0 aliphatic rings. The molecule has 26 heavy (non-hydrogen) atoms. The van der Waals surface area contributed by atoms with Crippen LogP contribution in [0.15, 0.2) is 53.1 Å². The Labute approximate surface area is 155 Å². The Morgan fingerprint density at radius 3 is 2.62 bits per heavy atom. The molecule has 0 amide bonds. The second kappa shape index (κ2) is 6.24. The van der Waals surface area contributed by atoms with Gasteiger partial charge in [-0.05, 0) is 43.0 Å². The first-order valence-corrected chi connectivity index (χ1v) is 8.82. The Bertz CT molecular complexity index is 1210. The third-order valence-electron chi connectivity index (χ3n) is 4.66. The van der Waals surface area contributed by atoms with Gasteiger partial charge in [-0.1, -0.05) is 26.0 Å². The number of hydrogen-bond acceptors (Lipinski definition) is 1. The zero-order valence-electron chi connectivity index (χ0n) is 17.4. The number of aryl methyl sites for hydroxylation is 2. The van der Waals surface area contributed by atoms with Gasteiger partial charge in [0, 0.05) is 31.2 Å². The number of fused-ring (bicyclic) bond motifs is 3. The third kappa shape index (κ3) is 2.78. The summed E-state index contributed by atoms with van der Waals surface area (Å²) in [6.07, 6.45) is 0.435. The first-order chi connectivity index (χ1) is 13.2. The minimum atomic E-state index is -1.41. The number of aromatic nitrogens is 1. The van der Waals surface area contributed by atoms with Crippen molar-refractivity contribution in [1.29, 1.82) is 0 Å². The van der Waals surface area contributed by atoms with Gasteiger partial charge in [0.2, 0.25) is 5.69 Å². The van der Waals surface area contributed by atoms with Crippen LogP contribution in [0.4, 0.5) is 4.39 Å². The molecule has 0 aliphatic carbocycles. The number of nitrogens with zero attached hydrogens (tertiary/aromatic N) is 1. The molecule has 3 heteroatoms. The van der Waals surface area contributed by atoms with E-state index in [1.807, 2.05) is 62.8 Å². The van der Waals surface area contributed by atoms with E-state index in [9.17, 15) is 4.39 Å². The van der Waals surface area contributed by atoms with Crippen LogP contribution in [0.2, 0.25) is 0 Å². The van der Waals surface area contributed by atoms with E-state index in [1.54, 1.807) is 6.07 Å². The minimum absolute atomic E-state index is 0.131. The first kappa shape index (κ1) is 14.5. The molecule has 0 N–H and O–H groups in total. The fourth-order valence-corrected chi connectivity index (χ4v) is 3.52. The molecule has 2 nitrogen and oxygen atoms in total. The lowest BCUT2D eigenvalue weighted by atomic mass is 9.99. The van der Waals surface area contributed by atoms with Crippen molar-refractivity contribution in [2.75, 3.05) is 0 Å². The molecule has 2 aromatic carbocycles. The van der Waals surface area contributed by atoms with Crippen molar-refractivity contribution in [3.63, 3.8) is 0 Å². The molecule has 0 bridgehead atoms. The summed E-state index contributed by atoms with van der Waals surface area (Å²) in [6, 6.07) is 12.4. The Hall–Kier alpha value is -2.68. The van der Waals surface area contributed by atoms with Gasteiger partial charge >= 0.3 is 0 Å². The summed E-state index contributed by atoms with van der Waals surface area (Å²) >= 11 is 0. The Morgan fingerprint density at radius 1 is 1.12 bits per heavy atom. The number of rotatable bonds is 3. The van der Waals surface area contributed by atoms with E-state index in [0.29, 0.717) is 11.1 Å². The third-order valence-corrected chi connectivity index (χ3v) is 4.66. The van der Waals surface area contributed by atoms with Crippen LogP contribution in [0, 0.1) is 18.7 Å². The average Bonchev–Trinajstić information content (AvgIpc) is 2.99. The van der Waals surface area contributed by atoms with Gasteiger partial charge in [-0.3, -0.25) is 0 Å². The zero-order valence-corrected chi connectivity index (χ0v) is 15.4. The number of hydrogen-bond donors (Lipinski definition) is 0. The highest BCUT2D eigenvalue weighted by atomic mass is 19.1. The zero-order chi connectivity index (χ0) is 20.2. The van der Waals surface area contributed by atoms with Gasteiger partial charge in [0.05, 0.1) is 5.56 Å². The summed E-state index contributed by atoms with van der Waals surface area (Å²) in [6.45, 7) is 5.78. The molecule has 0 fully saturated rings. The molecule has 0 saturated heterocycles. The van der Waals surface area contributed by atoms with Crippen LogP contribution < -0.4 is 4.57 Å². The molecule has 0 aliphatic heterocycles. The highest BCUT2D eigenvalue weighted by Crippen LogP contribution is 2.37. The van der Waals surface area contributed by atoms with Gasteiger partial charge in [-0.2, -0.15) is 0 Å². The molecule has 4 rings (SSSR count). The van der Waals surface area contributed by atoms with E-state index in [4.69, 9.17) is 7.16 Å². The summed E-state index contributed by atoms with van der Waals surface area (Å²) in [5.41, 5.74) is 4.79. The van der Waals surface area contributed by atoms with Crippen molar-refractivity contribution in [1.82, 2.24) is 0 Å². The van der Waals surface area contributed by atoms with Crippen molar-refractivity contribution in [3.05, 3.63) is 65.6 Å². The van der Waals surface area contributed by atoms with E-state index in [1.165, 1.54) is 12.1 Å². The van der Waals surface area contributed by atoms with E-state index in [-0.39, 0.29) is 11.7 Å². The molecule has 0 radical (unpaired) electrons. The Balaban J connectivity index is 1.96. The lowest BCUT2D eigenvalue weighted by Crippen LogP contribution is -2.31. The standard InChI is InChI=1S/C23H23FNO/c1-14(2)11-16-6-10-20(25(4)13-16)22-15(3)5-8-19-18-9-7-17(24)12-21(18)26-23(19)22/h5-10,12-14H,11H2,1-4H3/q+1/i11D2. The predicted octanol–water partition coefficient (Wildman–Crippen LogP) is 5.72. The van der Waals surface area contributed by atoms with Crippen molar-refractivity contribution in [2.45, 2.75) is 27.1 Å². The van der Waals surface area contributed by atoms with Gasteiger partial charge in [0.25, 0.3) is 0 Å². The summed E-state index contributed by atoms with van der Waals surface area (Å²) in [4.78, 5) is 0. The van der Waals surface area contributed by atoms with E-state index in [0.717, 1.165) is 33.2 Å². The van der Waals surface area contributed by atoms with E-state index < -0.39 is 6.37 Å². The molecule has 0 atom stereocenters. The fourth-order valence-electron chi connectivity index (χ4n) is 3.52. The normalized spacial score (nSPS) is 13.5. The minimum Gasteiger partial charge on any atom is -0.455 e. The monoisotopic (exact) mass is 350 g/mol. The maximum atomic E-state index is 13.7. The highest BCUT2D eigenvalue weighted by Gasteiger charge is 2.21. The Morgan fingerprint density at radius 2 is 1.88 bits per heavy atom. The van der Waals surface area contributed by atoms with Crippen LogP contribution in [0.5, 0.6) is 0 Å². The van der Waals surface area contributed by atoms with Crippen LogP contribution in [-0.4, -0.2) is 0 Å². The van der Waals surface area contributed by atoms with Gasteiger partial charge in [-0.15, -0.1) is 0 Å². The van der Waals surface area contributed by atoms with Crippen molar-refractivity contribution in [2.24, 2.45) is 13.0 Å². The molecule has 0 unspecified atom stereocenters. The van der Waals surface area contributed by atoms with Crippen LogP contribution in [-0.2, 0) is 13.4 Å². The maximum absolute atomic E-state index is 13.7. The average molecular weight is 350 g/mol. The second-order valence-electron chi connectivity index (χ2n) is 7.09. The molecule has 132 valence electrons. The van der Waals surface area contributed by atoms with E-state index >= 15 is 0 Å². The number of furan rings is 1. The molecule has 2 aromatic heterocycles. The van der Waals surface area contributed by atoms with Crippen LogP contribution in [0.3, 0.4) is 0 Å². The lowest BCUT2D eigenvalue weighted by molar-refractivity contribution is -0.660. The van der Waals surface area contributed by atoms with Gasteiger partial charge in [0.1, 0.15) is 24.0 Å². The van der Waals surface area contributed by atoms with Crippen molar-refractivity contribution < 1.29 is 16.1 Å². The summed E-state index contributed by atoms with van der Waals surface area (Å²) in [7, 11) is 1.91. The SMILES string of the molecule is [2H]C([2H])(c1ccc(-c2c(C)ccc3c2oc2cc(F)ccc23)[n+](C)c1)C(C)C. The van der Waals surface area contributed by atoms with Gasteiger partial charge < -0.3 is 4.42 Å². The van der Waals surface area contributed by atoms with Crippen LogP contribution in [0.1, 0.15) is 27.7 Å². The quantitative estimate of drug-likeness (QED) is 0.432. The van der Waals surface area contributed by atoms with Crippen molar-refractivity contribution in [3.8, 4) is 11.3 Å². The molecular weight excluding hydrogens is 325 g/mol. The maximum Gasteiger partial charge on any atom is 0.216 e. The lowest BCUT2D eigenvalue weighted by Gasteiger charge is -2.08. The van der Waals surface area contributed by atoms with Crippen LogP contribution in [0.25, 0.3) is 33.2 Å². The molecule has 0 saturated carbocycles. The molecular formula is C23H23FNO+. The smallest absolute Gasteiger partial charge is 0.216 e. The Kier molecular flexibility index (Phi) is 3.48. The highest BCUT2D eigenvalue weighted by molar-refractivity contribution is 6.09. The molecule has 4 aromatic rings. The second-order valence-corrected chi connectivity index (χ2v) is 7.09. The predicted molar refractivity (Wildman–Crippen MR) is 104 cm³/mol. The van der Waals surface area contributed by atoms with E-state index in [2.05, 4.69) is 0 Å². The number of halogens is 1. The largest absolute Gasteiger partial charge is 0.455 e. The van der Waals surface area contributed by atoms with Crippen molar-refractivity contribution >= 4 is 21.9 Å². The molecule has 0 spiro atoms. The van der Waals surface area contributed by atoms with Crippen LogP contribution >= 0.6 is 0 Å². The summed E-state index contributed by atoms with van der Waals surface area (Å²) in [5.74, 6) is -0.454. The topological polar surface area (TPSA) is 17.0 Å². The molecule has 2 heterocycles. The van der Waals surface area contributed by atoms with Gasteiger partial charge in [-0.25, -0.2) is 8.96 Å².